The van der Waals surface area contributed by atoms with Crippen molar-refractivity contribution in [2.75, 3.05) is 40.1 Å². The van der Waals surface area contributed by atoms with Crippen LogP contribution in [0.3, 0.4) is 0 Å². The standard InChI is InChI=1S/C15H23N3O3/c1-11(18(4)10-14(19)17(2)3)15(20)16-12-8-6-7-9-13(12)21-5/h6-9,11H,10H2,1-5H3,(H,16,20)/t11-/m0/s1. The number of nitrogens with one attached hydrogen (secondary N) is 1. The van der Waals surface area contributed by atoms with Crippen molar-refractivity contribution in [3.05, 3.63) is 24.3 Å². The average Bonchev–Trinajstić information content (AvgIpc) is 2.46. The molecule has 1 atom stereocenters. The number of methoxy groups -OCH3 is 1. The van der Waals surface area contributed by atoms with Crippen molar-refractivity contribution >= 4 is 17.5 Å². The third kappa shape index (κ3) is 4.75. The maximum atomic E-state index is 12.2. The van der Waals surface area contributed by atoms with Gasteiger partial charge < -0.3 is 15.0 Å². The number of anilines is 1. The number of likely N-dealkylation sites (N-methyl/N-ethyl adjacent to an activating group) is 2. The summed E-state index contributed by atoms with van der Waals surface area (Å²) in [4.78, 5) is 27.1. The van der Waals surface area contributed by atoms with Gasteiger partial charge in [0.25, 0.3) is 0 Å². The van der Waals surface area contributed by atoms with Crippen molar-refractivity contribution in [1.82, 2.24) is 9.80 Å². The zero-order valence-electron chi connectivity index (χ0n) is 13.2. The number of rotatable bonds is 6. The molecule has 0 aliphatic heterocycles. The number of ether oxygens (including phenoxy) is 1. The lowest BCUT2D eigenvalue weighted by Gasteiger charge is -2.24. The molecule has 21 heavy (non-hydrogen) atoms. The first-order valence-corrected chi connectivity index (χ1v) is 6.71. The molecule has 0 spiro atoms. The van der Waals surface area contributed by atoms with Crippen LogP contribution >= 0.6 is 0 Å². The molecule has 0 fully saturated rings. The quantitative estimate of drug-likeness (QED) is 0.851. The topological polar surface area (TPSA) is 61.9 Å². The molecule has 0 radical (unpaired) electrons. The predicted octanol–water partition coefficient (Wildman–Crippen LogP) is 1.04. The Balaban J connectivity index is 2.68. The fourth-order valence-electron chi connectivity index (χ4n) is 1.68. The summed E-state index contributed by atoms with van der Waals surface area (Å²) in [6, 6.07) is 6.77. The second-order valence-electron chi connectivity index (χ2n) is 5.07. The number of carbonyl (C=O) groups excluding carboxylic acids is 2. The number of carbonyl (C=O) groups is 2. The summed E-state index contributed by atoms with van der Waals surface area (Å²) in [5.41, 5.74) is 0.615. The van der Waals surface area contributed by atoms with Gasteiger partial charge in [-0.1, -0.05) is 12.1 Å². The van der Waals surface area contributed by atoms with Gasteiger partial charge >= 0.3 is 0 Å². The molecule has 0 bridgehead atoms. The number of nitrogens with zero attached hydrogens (tertiary/aromatic N) is 2. The van der Waals surface area contributed by atoms with Crippen LogP contribution in [0, 0.1) is 0 Å². The van der Waals surface area contributed by atoms with Crippen LogP contribution in [0.1, 0.15) is 6.92 Å². The highest BCUT2D eigenvalue weighted by molar-refractivity contribution is 5.96. The van der Waals surface area contributed by atoms with E-state index in [1.54, 1.807) is 52.2 Å². The second-order valence-corrected chi connectivity index (χ2v) is 5.07. The van der Waals surface area contributed by atoms with Crippen LogP contribution < -0.4 is 10.1 Å². The Kier molecular flexibility index (Phi) is 6.17. The van der Waals surface area contributed by atoms with E-state index in [4.69, 9.17) is 4.74 Å². The van der Waals surface area contributed by atoms with Gasteiger partial charge in [-0.2, -0.15) is 0 Å². The molecule has 0 heterocycles. The molecule has 1 N–H and O–H groups in total. The minimum absolute atomic E-state index is 0.0468. The maximum Gasteiger partial charge on any atom is 0.241 e. The lowest BCUT2D eigenvalue weighted by atomic mass is 10.2. The lowest BCUT2D eigenvalue weighted by Crippen LogP contribution is -2.44. The molecule has 0 unspecified atom stereocenters. The summed E-state index contributed by atoms with van der Waals surface area (Å²) in [5, 5.41) is 2.81. The molecule has 6 nitrogen and oxygen atoms in total. The van der Waals surface area contributed by atoms with Gasteiger partial charge in [-0.05, 0) is 26.1 Å². The van der Waals surface area contributed by atoms with E-state index in [2.05, 4.69) is 5.32 Å². The molecule has 1 aromatic carbocycles. The van der Waals surface area contributed by atoms with Gasteiger partial charge in [-0.25, -0.2) is 0 Å². The van der Waals surface area contributed by atoms with E-state index in [9.17, 15) is 9.59 Å². The highest BCUT2D eigenvalue weighted by atomic mass is 16.5. The molecule has 6 heteroatoms. The number of hydrogen-bond acceptors (Lipinski definition) is 4. The monoisotopic (exact) mass is 293 g/mol. The van der Waals surface area contributed by atoms with Gasteiger partial charge in [0.1, 0.15) is 5.75 Å². The van der Waals surface area contributed by atoms with Crippen molar-refractivity contribution < 1.29 is 14.3 Å². The third-order valence-electron chi connectivity index (χ3n) is 3.29. The molecular weight excluding hydrogens is 270 g/mol. The van der Waals surface area contributed by atoms with Gasteiger partial charge in [0.2, 0.25) is 11.8 Å². The molecule has 0 saturated carbocycles. The largest absolute Gasteiger partial charge is 0.495 e. The molecule has 0 aliphatic carbocycles. The first kappa shape index (κ1) is 17.0. The average molecular weight is 293 g/mol. The van der Waals surface area contributed by atoms with Gasteiger partial charge in [0.05, 0.1) is 25.4 Å². The summed E-state index contributed by atoms with van der Waals surface area (Å²) < 4.78 is 5.19. The molecule has 1 rings (SSSR count). The number of para-hydroxylation sites is 2. The van der Waals surface area contributed by atoms with Crippen molar-refractivity contribution in [1.29, 1.82) is 0 Å². The molecular formula is C15H23N3O3. The Hall–Kier alpha value is -2.08. The number of hydrogen-bond donors (Lipinski definition) is 1. The van der Waals surface area contributed by atoms with Gasteiger partial charge in [-0.3, -0.25) is 14.5 Å². The van der Waals surface area contributed by atoms with Gasteiger partial charge in [0.15, 0.2) is 0 Å². The molecule has 1 aromatic rings. The highest BCUT2D eigenvalue weighted by Gasteiger charge is 2.21. The van der Waals surface area contributed by atoms with Crippen LogP contribution in [0.15, 0.2) is 24.3 Å². The first-order chi connectivity index (χ1) is 9.86. The smallest absolute Gasteiger partial charge is 0.241 e. The van der Waals surface area contributed by atoms with Crippen LogP contribution in [0.25, 0.3) is 0 Å². The van der Waals surface area contributed by atoms with Gasteiger partial charge in [-0.15, -0.1) is 0 Å². The fourth-order valence-corrected chi connectivity index (χ4v) is 1.68. The summed E-state index contributed by atoms with van der Waals surface area (Å²) in [7, 11) is 6.68. The SMILES string of the molecule is COc1ccccc1NC(=O)[C@H](C)N(C)CC(=O)N(C)C. The number of benzene rings is 1. The second kappa shape index (κ2) is 7.64. The Bertz CT molecular complexity index is 503. The predicted molar refractivity (Wildman–Crippen MR) is 82.4 cm³/mol. The summed E-state index contributed by atoms with van der Waals surface area (Å²) in [5.74, 6) is 0.369. The Morgan fingerprint density at radius 3 is 2.43 bits per heavy atom. The Morgan fingerprint density at radius 1 is 1.24 bits per heavy atom. The van der Waals surface area contributed by atoms with E-state index >= 15 is 0 Å². The lowest BCUT2D eigenvalue weighted by molar-refractivity contribution is -0.131. The summed E-state index contributed by atoms with van der Waals surface area (Å²) in [6.45, 7) is 1.95. The van der Waals surface area contributed by atoms with E-state index in [0.717, 1.165) is 0 Å². The minimum Gasteiger partial charge on any atom is -0.495 e. The number of amides is 2. The van der Waals surface area contributed by atoms with Crippen molar-refractivity contribution in [2.45, 2.75) is 13.0 Å². The maximum absolute atomic E-state index is 12.2. The molecule has 0 saturated heterocycles. The molecule has 0 aromatic heterocycles. The Labute approximate surface area is 125 Å². The van der Waals surface area contributed by atoms with E-state index < -0.39 is 6.04 Å². The van der Waals surface area contributed by atoms with Crippen molar-refractivity contribution in [2.24, 2.45) is 0 Å². The van der Waals surface area contributed by atoms with Crippen LogP contribution in [-0.4, -0.2) is 62.5 Å². The van der Waals surface area contributed by atoms with Crippen LogP contribution in [0.2, 0.25) is 0 Å². The van der Waals surface area contributed by atoms with Crippen molar-refractivity contribution in [3.63, 3.8) is 0 Å². The van der Waals surface area contributed by atoms with E-state index in [-0.39, 0.29) is 18.4 Å². The fraction of sp³-hybridized carbons (Fsp3) is 0.467. The van der Waals surface area contributed by atoms with Crippen LogP contribution in [0.5, 0.6) is 5.75 Å². The zero-order valence-corrected chi connectivity index (χ0v) is 13.2. The first-order valence-electron chi connectivity index (χ1n) is 6.71. The van der Waals surface area contributed by atoms with E-state index in [1.165, 1.54) is 4.90 Å². The summed E-state index contributed by atoms with van der Waals surface area (Å²) in [6.07, 6.45) is 0. The van der Waals surface area contributed by atoms with E-state index in [1.807, 2.05) is 12.1 Å². The third-order valence-corrected chi connectivity index (χ3v) is 3.29. The van der Waals surface area contributed by atoms with E-state index in [0.29, 0.717) is 11.4 Å². The minimum atomic E-state index is -0.432. The van der Waals surface area contributed by atoms with Gasteiger partial charge in [0, 0.05) is 14.1 Å². The highest BCUT2D eigenvalue weighted by Crippen LogP contribution is 2.23. The molecule has 116 valence electrons. The van der Waals surface area contributed by atoms with Crippen LogP contribution in [-0.2, 0) is 9.59 Å². The molecule has 2 amide bonds. The Morgan fingerprint density at radius 2 is 1.86 bits per heavy atom. The summed E-state index contributed by atoms with van der Waals surface area (Å²) >= 11 is 0. The van der Waals surface area contributed by atoms with Crippen molar-refractivity contribution in [3.8, 4) is 5.75 Å². The zero-order chi connectivity index (χ0) is 16.0. The normalized spacial score (nSPS) is 11.9. The van der Waals surface area contributed by atoms with Crippen LogP contribution in [0.4, 0.5) is 5.69 Å². The molecule has 0 aliphatic rings.